The lowest BCUT2D eigenvalue weighted by molar-refractivity contribution is 0.669. The minimum absolute atomic E-state index is 0.926. The molecule has 0 saturated carbocycles. The maximum atomic E-state index is 6.15. The lowest BCUT2D eigenvalue weighted by atomic mass is 9.98. The lowest BCUT2D eigenvalue weighted by Gasteiger charge is -2.10. The van der Waals surface area contributed by atoms with E-state index in [1.807, 2.05) is 34.8 Å². The van der Waals surface area contributed by atoms with E-state index in [-0.39, 0.29) is 0 Å². The summed E-state index contributed by atoms with van der Waals surface area (Å²) < 4.78 is 12.6. The molecule has 0 saturated heterocycles. The molecule has 2 nitrogen and oxygen atoms in total. The molecule has 0 bridgehead atoms. The zero-order valence-electron chi connectivity index (χ0n) is 28.0. The van der Waals surface area contributed by atoms with Crippen LogP contribution < -0.4 is 0 Å². The highest BCUT2D eigenvalue weighted by molar-refractivity contribution is 7.26. The van der Waals surface area contributed by atoms with Gasteiger partial charge in [-0.2, -0.15) is 0 Å². The minimum atomic E-state index is 0.926. The molecule has 0 spiro atoms. The standard InChI is InChI=1S/C48H29NOS2/c1-4-12-40-33(8-1)37-24-28(29-18-23-45-39(25-29)35-10-3-6-14-44(35)51-45)16-21-41(37)49(40)31-19-20-36-47(27-31)52-46-15-7-11-32(48(36)46)30-17-22-43-38(26-30)34-9-2-5-13-42(34)50-43/h1-5,7-13,15-27H,6,14H2. The summed E-state index contributed by atoms with van der Waals surface area (Å²) in [6, 6.07) is 51.5. The van der Waals surface area contributed by atoms with Gasteiger partial charge in [0.1, 0.15) is 11.2 Å². The summed E-state index contributed by atoms with van der Waals surface area (Å²) in [5.74, 6) is 0. The molecule has 0 aliphatic heterocycles. The fourth-order valence-corrected chi connectivity index (χ4v) is 11.0. The molecule has 0 fully saturated rings. The number of para-hydroxylation sites is 2. The molecule has 11 aromatic rings. The molecule has 1 aliphatic carbocycles. The van der Waals surface area contributed by atoms with Crippen LogP contribution >= 0.6 is 22.7 Å². The molecule has 0 N–H and O–H groups in total. The number of hydrogen-bond donors (Lipinski definition) is 0. The predicted molar refractivity (Wildman–Crippen MR) is 225 cm³/mol. The van der Waals surface area contributed by atoms with Gasteiger partial charge in [0.25, 0.3) is 0 Å². The number of hydrogen-bond acceptors (Lipinski definition) is 3. The summed E-state index contributed by atoms with van der Waals surface area (Å²) in [5.41, 5.74) is 11.9. The van der Waals surface area contributed by atoms with Gasteiger partial charge >= 0.3 is 0 Å². The summed E-state index contributed by atoms with van der Waals surface area (Å²) in [6.45, 7) is 0. The first-order chi connectivity index (χ1) is 25.7. The molecular weight excluding hydrogens is 671 g/mol. The second-order valence-electron chi connectivity index (χ2n) is 13.9. The summed E-state index contributed by atoms with van der Waals surface area (Å²) in [5, 5.41) is 8.85. The number of benzene rings is 7. The molecular formula is C48H29NOS2. The summed E-state index contributed by atoms with van der Waals surface area (Å²) in [4.78, 5) is 1.52. The zero-order valence-corrected chi connectivity index (χ0v) is 29.7. The molecule has 0 amide bonds. The minimum Gasteiger partial charge on any atom is -0.456 e. The Hall–Kier alpha value is -5.94. The molecule has 4 heteroatoms. The van der Waals surface area contributed by atoms with Crippen LogP contribution in [0.15, 0.2) is 150 Å². The Morgan fingerprint density at radius 3 is 2.25 bits per heavy atom. The fourth-order valence-electron chi connectivity index (χ4n) is 8.65. The molecule has 4 aromatic heterocycles. The van der Waals surface area contributed by atoms with Gasteiger partial charge in [-0.25, -0.2) is 0 Å². The first kappa shape index (κ1) is 28.7. The van der Waals surface area contributed by atoms with Crippen LogP contribution in [-0.2, 0) is 6.42 Å². The number of fused-ring (bicyclic) bond motifs is 12. The van der Waals surface area contributed by atoms with E-state index in [0.29, 0.717) is 0 Å². The van der Waals surface area contributed by atoms with Gasteiger partial charge in [0.05, 0.1) is 11.0 Å². The first-order valence-electron chi connectivity index (χ1n) is 17.9. The molecule has 52 heavy (non-hydrogen) atoms. The first-order valence-corrected chi connectivity index (χ1v) is 19.5. The number of aromatic nitrogens is 1. The largest absolute Gasteiger partial charge is 0.456 e. The Kier molecular flexibility index (Phi) is 5.96. The third-order valence-electron chi connectivity index (χ3n) is 11.1. The van der Waals surface area contributed by atoms with E-state index in [4.69, 9.17) is 4.42 Å². The maximum absolute atomic E-state index is 6.15. The van der Waals surface area contributed by atoms with E-state index in [0.717, 1.165) is 34.8 Å². The number of rotatable bonds is 3. The van der Waals surface area contributed by atoms with Crippen molar-refractivity contribution in [3.63, 3.8) is 0 Å². The van der Waals surface area contributed by atoms with Crippen LogP contribution in [0.5, 0.6) is 0 Å². The van der Waals surface area contributed by atoms with Crippen molar-refractivity contribution in [3.8, 4) is 27.9 Å². The second-order valence-corrected chi connectivity index (χ2v) is 16.2. The Labute approximate surface area is 307 Å². The predicted octanol–water partition coefficient (Wildman–Crippen LogP) is 14.6. The summed E-state index contributed by atoms with van der Waals surface area (Å²) >= 11 is 3.83. The average Bonchev–Trinajstić information content (AvgIpc) is 3.95. The number of furan rings is 1. The van der Waals surface area contributed by atoms with Gasteiger partial charge in [0, 0.05) is 62.4 Å². The van der Waals surface area contributed by atoms with Crippen molar-refractivity contribution in [2.45, 2.75) is 12.8 Å². The molecule has 1 aliphatic rings. The average molecular weight is 700 g/mol. The molecule has 244 valence electrons. The van der Waals surface area contributed by atoms with E-state index >= 15 is 0 Å². The van der Waals surface area contributed by atoms with Gasteiger partial charge in [0.2, 0.25) is 0 Å². The van der Waals surface area contributed by atoms with Gasteiger partial charge in [-0.05, 0) is 107 Å². The van der Waals surface area contributed by atoms with E-state index in [9.17, 15) is 0 Å². The van der Waals surface area contributed by atoms with Crippen molar-refractivity contribution in [2.75, 3.05) is 0 Å². The van der Waals surface area contributed by atoms with Crippen LogP contribution in [0, 0.1) is 0 Å². The van der Waals surface area contributed by atoms with Crippen molar-refractivity contribution < 1.29 is 4.42 Å². The van der Waals surface area contributed by atoms with Crippen LogP contribution in [-0.4, -0.2) is 4.57 Å². The monoisotopic (exact) mass is 699 g/mol. The molecule has 0 atom stereocenters. The van der Waals surface area contributed by atoms with E-state index in [1.165, 1.54) is 90.4 Å². The van der Waals surface area contributed by atoms with E-state index < -0.39 is 0 Å². The van der Waals surface area contributed by atoms with Crippen molar-refractivity contribution in [3.05, 3.63) is 156 Å². The summed E-state index contributed by atoms with van der Waals surface area (Å²) in [6.07, 6.45) is 6.94. The van der Waals surface area contributed by atoms with Gasteiger partial charge in [-0.3, -0.25) is 0 Å². The van der Waals surface area contributed by atoms with Gasteiger partial charge in [-0.15, -0.1) is 22.7 Å². The SMILES string of the molecule is C1=Cc2c(sc3ccc(-c4ccc5c(c4)c4ccccc4n5-c4ccc5c(c4)sc4cccc(-c6ccc7oc8ccccc8c7c6)c45)cc23)CC1. The number of nitrogens with zero attached hydrogens (tertiary/aromatic N) is 1. The quantitative estimate of drug-likeness (QED) is 0.180. The third kappa shape index (κ3) is 4.11. The fraction of sp³-hybridized carbons (Fsp3) is 0.0417. The third-order valence-corrected chi connectivity index (χ3v) is 13.4. The van der Waals surface area contributed by atoms with E-state index in [1.54, 1.807) is 0 Å². The highest BCUT2D eigenvalue weighted by Crippen LogP contribution is 2.44. The summed E-state index contributed by atoms with van der Waals surface area (Å²) in [7, 11) is 0. The molecule has 4 heterocycles. The lowest BCUT2D eigenvalue weighted by Crippen LogP contribution is -1.93. The Morgan fingerprint density at radius 2 is 1.29 bits per heavy atom. The Morgan fingerprint density at radius 1 is 0.500 bits per heavy atom. The van der Waals surface area contributed by atoms with Gasteiger partial charge in [-0.1, -0.05) is 84.9 Å². The van der Waals surface area contributed by atoms with Gasteiger partial charge in [0.15, 0.2) is 0 Å². The smallest absolute Gasteiger partial charge is 0.135 e. The number of thiophene rings is 2. The van der Waals surface area contributed by atoms with Crippen molar-refractivity contribution in [2.24, 2.45) is 0 Å². The van der Waals surface area contributed by atoms with Crippen molar-refractivity contribution >= 4 is 103 Å². The molecule has 12 rings (SSSR count). The highest BCUT2D eigenvalue weighted by atomic mass is 32.1. The Bertz CT molecular complexity index is 3310. The number of aryl methyl sites for hydroxylation is 1. The van der Waals surface area contributed by atoms with Crippen LogP contribution in [0.3, 0.4) is 0 Å². The maximum Gasteiger partial charge on any atom is 0.135 e. The van der Waals surface area contributed by atoms with Crippen LogP contribution in [0.25, 0.3) is 108 Å². The second kappa shape index (κ2) is 10.8. The highest BCUT2D eigenvalue weighted by Gasteiger charge is 2.18. The van der Waals surface area contributed by atoms with Crippen molar-refractivity contribution in [1.29, 1.82) is 0 Å². The molecule has 0 unspecified atom stereocenters. The molecule has 7 aromatic carbocycles. The molecule has 0 radical (unpaired) electrons. The number of allylic oxidation sites excluding steroid dienone is 1. The normalized spacial score (nSPS) is 13.2. The van der Waals surface area contributed by atoms with Crippen LogP contribution in [0.2, 0.25) is 0 Å². The van der Waals surface area contributed by atoms with Crippen LogP contribution in [0.4, 0.5) is 0 Å². The van der Waals surface area contributed by atoms with Crippen molar-refractivity contribution in [1.82, 2.24) is 4.57 Å². The Balaban J connectivity index is 1.01. The topological polar surface area (TPSA) is 18.1 Å². The van der Waals surface area contributed by atoms with Crippen LogP contribution in [0.1, 0.15) is 16.9 Å². The van der Waals surface area contributed by atoms with E-state index in [2.05, 4.69) is 144 Å². The van der Waals surface area contributed by atoms with Gasteiger partial charge < -0.3 is 8.98 Å². The zero-order chi connectivity index (χ0) is 33.9.